The van der Waals surface area contributed by atoms with Gasteiger partial charge < -0.3 is 5.32 Å². The van der Waals surface area contributed by atoms with Crippen molar-refractivity contribution < 1.29 is 4.79 Å². The number of benzene rings is 1. The van der Waals surface area contributed by atoms with Gasteiger partial charge in [0, 0.05) is 4.47 Å². The maximum atomic E-state index is 11.9. The molecule has 0 aliphatic heterocycles. The van der Waals surface area contributed by atoms with Gasteiger partial charge in [-0.2, -0.15) is 0 Å². The maximum Gasteiger partial charge on any atom is 0.224 e. The van der Waals surface area contributed by atoms with Crippen LogP contribution in [0.5, 0.6) is 0 Å². The SMILES string of the molecule is CC(Cl)C(C)(C)NC(=O)Cc1cccc(Br)c1. The Morgan fingerprint density at radius 2 is 2.18 bits per heavy atom. The van der Waals surface area contributed by atoms with Crippen LogP contribution in [0.3, 0.4) is 0 Å². The first-order valence-electron chi connectivity index (χ1n) is 5.51. The van der Waals surface area contributed by atoms with Gasteiger partial charge in [0.05, 0.1) is 17.3 Å². The lowest BCUT2D eigenvalue weighted by Gasteiger charge is -2.29. The fourth-order valence-corrected chi connectivity index (χ4v) is 1.84. The van der Waals surface area contributed by atoms with Crippen LogP contribution in [0, 0.1) is 0 Å². The highest BCUT2D eigenvalue weighted by molar-refractivity contribution is 9.10. The Morgan fingerprint density at radius 3 is 2.71 bits per heavy atom. The molecule has 1 rings (SSSR count). The second kappa shape index (κ2) is 5.87. The van der Waals surface area contributed by atoms with Crippen LogP contribution < -0.4 is 5.32 Å². The molecule has 4 heteroatoms. The number of nitrogens with one attached hydrogen (secondary N) is 1. The number of alkyl halides is 1. The minimum absolute atomic E-state index is 0.0133. The predicted octanol–water partition coefficient (Wildman–Crippen LogP) is 3.51. The molecule has 1 amide bonds. The molecule has 0 bridgehead atoms. The van der Waals surface area contributed by atoms with Gasteiger partial charge in [0.15, 0.2) is 0 Å². The number of carbonyl (C=O) groups is 1. The first kappa shape index (κ1) is 14.5. The first-order valence-corrected chi connectivity index (χ1v) is 6.74. The van der Waals surface area contributed by atoms with E-state index in [0.717, 1.165) is 10.0 Å². The fraction of sp³-hybridized carbons (Fsp3) is 0.462. The monoisotopic (exact) mass is 317 g/mol. The van der Waals surface area contributed by atoms with Crippen LogP contribution in [0.1, 0.15) is 26.3 Å². The molecule has 0 aliphatic rings. The Labute approximate surface area is 116 Å². The lowest BCUT2D eigenvalue weighted by Crippen LogP contribution is -2.49. The molecule has 1 unspecified atom stereocenters. The van der Waals surface area contributed by atoms with E-state index >= 15 is 0 Å². The van der Waals surface area contributed by atoms with Crippen molar-refractivity contribution >= 4 is 33.4 Å². The summed E-state index contributed by atoms with van der Waals surface area (Å²) in [5, 5.41) is 2.82. The highest BCUT2D eigenvalue weighted by Crippen LogP contribution is 2.16. The summed E-state index contributed by atoms with van der Waals surface area (Å²) in [6, 6.07) is 7.73. The molecule has 17 heavy (non-hydrogen) atoms. The summed E-state index contributed by atoms with van der Waals surface area (Å²) < 4.78 is 0.979. The van der Waals surface area contributed by atoms with E-state index in [1.165, 1.54) is 0 Å². The Balaban J connectivity index is 2.62. The van der Waals surface area contributed by atoms with Gasteiger partial charge in [0.1, 0.15) is 0 Å². The van der Waals surface area contributed by atoms with Crippen LogP contribution in [-0.2, 0) is 11.2 Å². The van der Waals surface area contributed by atoms with Gasteiger partial charge in [-0.15, -0.1) is 11.6 Å². The van der Waals surface area contributed by atoms with Gasteiger partial charge in [0.2, 0.25) is 5.91 Å². The number of carbonyl (C=O) groups excluding carboxylic acids is 1. The van der Waals surface area contributed by atoms with Crippen molar-refractivity contribution in [3.8, 4) is 0 Å². The van der Waals surface area contributed by atoms with Crippen LogP contribution in [0.15, 0.2) is 28.7 Å². The summed E-state index contributed by atoms with van der Waals surface area (Å²) >= 11 is 9.40. The van der Waals surface area contributed by atoms with E-state index in [-0.39, 0.29) is 11.3 Å². The molecule has 0 saturated carbocycles. The Morgan fingerprint density at radius 1 is 1.53 bits per heavy atom. The molecule has 0 heterocycles. The van der Waals surface area contributed by atoms with Crippen molar-refractivity contribution in [2.45, 2.75) is 38.1 Å². The second-order valence-corrected chi connectivity index (χ2v) is 6.26. The largest absolute Gasteiger partial charge is 0.349 e. The fourth-order valence-electron chi connectivity index (χ4n) is 1.34. The van der Waals surface area contributed by atoms with Crippen LogP contribution in [0.4, 0.5) is 0 Å². The molecule has 1 aromatic rings. The Bertz CT molecular complexity index is 404. The molecule has 0 radical (unpaired) electrons. The van der Waals surface area contributed by atoms with Crippen molar-refractivity contribution in [2.75, 3.05) is 0 Å². The topological polar surface area (TPSA) is 29.1 Å². The van der Waals surface area contributed by atoms with E-state index in [1.54, 1.807) is 0 Å². The Kier molecular flexibility index (Phi) is 5.02. The van der Waals surface area contributed by atoms with E-state index in [0.29, 0.717) is 6.42 Å². The van der Waals surface area contributed by atoms with Crippen molar-refractivity contribution in [3.05, 3.63) is 34.3 Å². The van der Waals surface area contributed by atoms with E-state index in [1.807, 2.05) is 45.0 Å². The zero-order chi connectivity index (χ0) is 13.1. The van der Waals surface area contributed by atoms with Crippen LogP contribution in [-0.4, -0.2) is 16.8 Å². The molecule has 0 fully saturated rings. The zero-order valence-electron chi connectivity index (χ0n) is 10.3. The first-order chi connectivity index (χ1) is 7.81. The number of rotatable bonds is 4. The molecular weight excluding hydrogens is 302 g/mol. The minimum Gasteiger partial charge on any atom is -0.349 e. The van der Waals surface area contributed by atoms with Crippen molar-refractivity contribution in [2.24, 2.45) is 0 Å². The van der Waals surface area contributed by atoms with Gasteiger partial charge in [0.25, 0.3) is 0 Å². The molecule has 0 saturated heterocycles. The molecule has 1 aromatic carbocycles. The molecule has 0 aromatic heterocycles. The minimum atomic E-state index is -0.398. The number of amides is 1. The number of hydrogen-bond acceptors (Lipinski definition) is 1. The van der Waals surface area contributed by atoms with Crippen molar-refractivity contribution in [1.82, 2.24) is 5.32 Å². The quantitative estimate of drug-likeness (QED) is 0.846. The standard InChI is InChI=1S/C13H17BrClNO/c1-9(15)13(2,3)16-12(17)8-10-5-4-6-11(14)7-10/h4-7,9H,8H2,1-3H3,(H,16,17). The lowest BCUT2D eigenvalue weighted by atomic mass is 10.0. The summed E-state index contributed by atoms with van der Waals surface area (Å²) in [5.41, 5.74) is 0.583. The third-order valence-corrected chi connectivity index (χ3v) is 3.75. The number of halogens is 2. The van der Waals surface area contributed by atoms with Crippen LogP contribution in [0.25, 0.3) is 0 Å². The number of hydrogen-bond donors (Lipinski definition) is 1. The van der Waals surface area contributed by atoms with E-state index < -0.39 is 5.54 Å². The smallest absolute Gasteiger partial charge is 0.224 e. The molecule has 1 N–H and O–H groups in total. The summed E-state index contributed by atoms with van der Waals surface area (Å²) in [7, 11) is 0. The summed E-state index contributed by atoms with van der Waals surface area (Å²) in [6.45, 7) is 5.72. The maximum absolute atomic E-state index is 11.9. The van der Waals surface area contributed by atoms with Crippen LogP contribution >= 0.6 is 27.5 Å². The lowest BCUT2D eigenvalue weighted by molar-refractivity contribution is -0.122. The average molecular weight is 319 g/mol. The highest BCUT2D eigenvalue weighted by Gasteiger charge is 2.25. The van der Waals surface area contributed by atoms with E-state index in [2.05, 4.69) is 21.2 Å². The third-order valence-electron chi connectivity index (χ3n) is 2.71. The summed E-state index contributed by atoms with van der Waals surface area (Å²) in [6.07, 6.45) is 0.368. The van der Waals surface area contributed by atoms with E-state index in [9.17, 15) is 4.79 Å². The predicted molar refractivity (Wildman–Crippen MR) is 75.4 cm³/mol. The second-order valence-electron chi connectivity index (χ2n) is 4.69. The summed E-state index contributed by atoms with van der Waals surface area (Å²) in [4.78, 5) is 11.9. The molecule has 0 spiro atoms. The normalized spacial score (nSPS) is 13.2. The van der Waals surface area contributed by atoms with Gasteiger partial charge in [-0.25, -0.2) is 0 Å². The van der Waals surface area contributed by atoms with Gasteiger partial charge in [-0.1, -0.05) is 28.1 Å². The molecule has 94 valence electrons. The molecule has 0 aliphatic carbocycles. The van der Waals surface area contributed by atoms with Crippen molar-refractivity contribution in [1.29, 1.82) is 0 Å². The van der Waals surface area contributed by atoms with Gasteiger partial charge >= 0.3 is 0 Å². The third kappa shape index (κ3) is 4.68. The zero-order valence-corrected chi connectivity index (χ0v) is 12.6. The van der Waals surface area contributed by atoms with Crippen molar-refractivity contribution in [3.63, 3.8) is 0 Å². The highest BCUT2D eigenvalue weighted by atomic mass is 79.9. The molecule has 2 nitrogen and oxygen atoms in total. The van der Waals surface area contributed by atoms with E-state index in [4.69, 9.17) is 11.6 Å². The summed E-state index contributed by atoms with van der Waals surface area (Å²) in [5.74, 6) is -0.0133. The van der Waals surface area contributed by atoms with Gasteiger partial charge in [-0.05, 0) is 38.5 Å². The molecular formula is C13H17BrClNO. The Hall–Kier alpha value is -0.540. The van der Waals surface area contributed by atoms with Crippen LogP contribution in [0.2, 0.25) is 0 Å². The van der Waals surface area contributed by atoms with Gasteiger partial charge in [-0.3, -0.25) is 4.79 Å². The molecule has 1 atom stereocenters. The average Bonchev–Trinajstić information content (AvgIpc) is 2.15.